The Hall–Kier alpha value is -2.16. The Morgan fingerprint density at radius 1 is 1.11 bits per heavy atom. The molecule has 1 aromatic carbocycles. The molecule has 0 aliphatic heterocycles. The number of nitrogens with zero attached hydrogens (tertiary/aromatic N) is 1. The van der Waals surface area contributed by atoms with Gasteiger partial charge in [-0.25, -0.2) is 9.78 Å². The molecule has 1 aromatic heterocycles. The highest BCUT2D eigenvalue weighted by Gasteiger charge is 2.13. The number of rotatable bonds is 3. The van der Waals surface area contributed by atoms with Crippen LogP contribution in [-0.4, -0.2) is 17.1 Å². The lowest BCUT2D eigenvalue weighted by Gasteiger charge is -2.10. The molecule has 0 N–H and O–H groups in total. The third-order valence-corrected chi connectivity index (χ3v) is 2.70. The number of hydrogen-bond acceptors (Lipinski definition) is 3. The molecule has 0 aliphatic rings. The Balaban J connectivity index is 2.38. The second-order valence-electron chi connectivity index (χ2n) is 4.68. The number of hydrogen-bond donors (Lipinski definition) is 0. The minimum absolute atomic E-state index is 0.143. The molecule has 0 aliphatic carbocycles. The number of ether oxygens (including phenoxy) is 1. The summed E-state index contributed by atoms with van der Waals surface area (Å²) in [5.74, 6) is -0.382. The zero-order chi connectivity index (χ0) is 13.8. The van der Waals surface area contributed by atoms with Crippen LogP contribution < -0.4 is 0 Å². The molecule has 0 spiro atoms. The molecule has 0 amide bonds. The van der Waals surface area contributed by atoms with Crippen LogP contribution in [0, 0.1) is 6.92 Å². The standard InChI is InChI=1S/C16H17NO2/c1-11(2)19-16(18)14-10-9-12(3)15(17-14)13-7-5-4-6-8-13/h4-11H,1-3H3. The number of benzene rings is 1. The van der Waals surface area contributed by atoms with Crippen molar-refractivity contribution in [3.63, 3.8) is 0 Å². The van der Waals surface area contributed by atoms with Gasteiger partial charge >= 0.3 is 5.97 Å². The molecule has 3 heteroatoms. The molecule has 0 saturated carbocycles. The van der Waals surface area contributed by atoms with E-state index in [2.05, 4.69) is 4.98 Å². The molecule has 0 atom stereocenters. The monoisotopic (exact) mass is 255 g/mol. The van der Waals surface area contributed by atoms with Crippen LogP contribution in [0.15, 0.2) is 42.5 Å². The van der Waals surface area contributed by atoms with Crippen LogP contribution in [0.2, 0.25) is 0 Å². The fourth-order valence-electron chi connectivity index (χ4n) is 1.81. The number of carbonyl (C=O) groups is 1. The van der Waals surface area contributed by atoms with E-state index in [0.717, 1.165) is 16.8 Å². The summed E-state index contributed by atoms with van der Waals surface area (Å²) in [4.78, 5) is 16.3. The maximum absolute atomic E-state index is 11.9. The van der Waals surface area contributed by atoms with E-state index < -0.39 is 0 Å². The van der Waals surface area contributed by atoms with E-state index in [9.17, 15) is 4.79 Å². The largest absolute Gasteiger partial charge is 0.458 e. The highest BCUT2D eigenvalue weighted by Crippen LogP contribution is 2.21. The molecule has 3 nitrogen and oxygen atoms in total. The van der Waals surface area contributed by atoms with Gasteiger partial charge in [0.1, 0.15) is 5.69 Å². The van der Waals surface area contributed by atoms with Gasteiger partial charge in [-0.15, -0.1) is 0 Å². The summed E-state index contributed by atoms with van der Waals surface area (Å²) in [6.45, 7) is 5.63. The second kappa shape index (κ2) is 5.65. The van der Waals surface area contributed by atoms with Crippen LogP contribution in [0.5, 0.6) is 0 Å². The van der Waals surface area contributed by atoms with Crippen molar-refractivity contribution in [2.75, 3.05) is 0 Å². The SMILES string of the molecule is Cc1ccc(C(=O)OC(C)C)nc1-c1ccccc1. The quantitative estimate of drug-likeness (QED) is 0.786. The summed E-state index contributed by atoms with van der Waals surface area (Å²) in [5, 5.41) is 0. The maximum atomic E-state index is 11.9. The summed E-state index contributed by atoms with van der Waals surface area (Å²) in [6, 6.07) is 13.4. The van der Waals surface area contributed by atoms with E-state index in [0.29, 0.717) is 5.69 Å². The number of esters is 1. The Kier molecular flexibility index (Phi) is 3.95. The van der Waals surface area contributed by atoms with Gasteiger partial charge in [0.2, 0.25) is 0 Å². The molecule has 2 rings (SSSR count). The first-order chi connectivity index (χ1) is 9.08. The smallest absolute Gasteiger partial charge is 0.357 e. The van der Waals surface area contributed by atoms with Crippen molar-refractivity contribution < 1.29 is 9.53 Å². The average Bonchev–Trinajstić information content (AvgIpc) is 2.39. The van der Waals surface area contributed by atoms with E-state index in [-0.39, 0.29) is 12.1 Å². The van der Waals surface area contributed by atoms with Gasteiger partial charge in [0.15, 0.2) is 0 Å². The summed E-state index contributed by atoms with van der Waals surface area (Å²) in [6.07, 6.45) is -0.143. The topological polar surface area (TPSA) is 39.2 Å². The Bertz CT molecular complexity index is 577. The van der Waals surface area contributed by atoms with Crippen molar-refractivity contribution in [3.8, 4) is 11.3 Å². The lowest BCUT2D eigenvalue weighted by atomic mass is 10.1. The van der Waals surface area contributed by atoms with Gasteiger partial charge < -0.3 is 4.74 Å². The third kappa shape index (κ3) is 3.19. The van der Waals surface area contributed by atoms with Crippen molar-refractivity contribution >= 4 is 5.97 Å². The zero-order valence-corrected chi connectivity index (χ0v) is 11.4. The van der Waals surface area contributed by atoms with Crippen LogP contribution in [0.1, 0.15) is 29.9 Å². The van der Waals surface area contributed by atoms with Gasteiger partial charge in [-0.3, -0.25) is 0 Å². The normalized spacial score (nSPS) is 10.5. The Labute approximate surface area is 113 Å². The van der Waals surface area contributed by atoms with Crippen LogP contribution >= 0.6 is 0 Å². The first kappa shape index (κ1) is 13.3. The molecule has 0 fully saturated rings. The first-order valence-electron chi connectivity index (χ1n) is 6.32. The molecule has 19 heavy (non-hydrogen) atoms. The average molecular weight is 255 g/mol. The summed E-state index contributed by atoms with van der Waals surface area (Å²) >= 11 is 0. The Morgan fingerprint density at radius 3 is 2.42 bits per heavy atom. The van der Waals surface area contributed by atoms with Crippen molar-refractivity contribution in [2.24, 2.45) is 0 Å². The van der Waals surface area contributed by atoms with Crippen molar-refractivity contribution in [1.82, 2.24) is 4.98 Å². The predicted molar refractivity (Wildman–Crippen MR) is 75.0 cm³/mol. The van der Waals surface area contributed by atoms with Gasteiger partial charge in [-0.05, 0) is 32.4 Å². The zero-order valence-electron chi connectivity index (χ0n) is 11.4. The fraction of sp³-hybridized carbons (Fsp3) is 0.250. The van der Waals surface area contributed by atoms with E-state index in [1.54, 1.807) is 6.07 Å². The van der Waals surface area contributed by atoms with E-state index in [1.807, 2.05) is 57.2 Å². The summed E-state index contributed by atoms with van der Waals surface area (Å²) in [7, 11) is 0. The molecular formula is C16H17NO2. The molecule has 0 unspecified atom stereocenters. The highest BCUT2D eigenvalue weighted by molar-refractivity contribution is 5.88. The minimum Gasteiger partial charge on any atom is -0.458 e. The predicted octanol–water partition coefficient (Wildman–Crippen LogP) is 3.62. The van der Waals surface area contributed by atoms with Gasteiger partial charge in [0.05, 0.1) is 11.8 Å². The lowest BCUT2D eigenvalue weighted by Crippen LogP contribution is -2.13. The summed E-state index contributed by atoms with van der Waals surface area (Å²) in [5.41, 5.74) is 3.20. The molecule has 98 valence electrons. The highest BCUT2D eigenvalue weighted by atomic mass is 16.5. The number of aryl methyl sites for hydroxylation is 1. The van der Waals surface area contributed by atoms with Crippen LogP contribution in [0.3, 0.4) is 0 Å². The maximum Gasteiger partial charge on any atom is 0.357 e. The molecule has 0 bridgehead atoms. The molecule has 0 radical (unpaired) electrons. The first-order valence-corrected chi connectivity index (χ1v) is 6.32. The lowest BCUT2D eigenvalue weighted by molar-refractivity contribution is 0.0371. The van der Waals surface area contributed by atoms with Gasteiger partial charge in [-0.2, -0.15) is 0 Å². The molecule has 0 saturated heterocycles. The fourth-order valence-corrected chi connectivity index (χ4v) is 1.81. The second-order valence-corrected chi connectivity index (χ2v) is 4.68. The molecule has 2 aromatic rings. The molecular weight excluding hydrogens is 238 g/mol. The Morgan fingerprint density at radius 2 is 1.79 bits per heavy atom. The van der Waals surface area contributed by atoms with Crippen LogP contribution in [-0.2, 0) is 4.74 Å². The van der Waals surface area contributed by atoms with Crippen molar-refractivity contribution in [3.05, 3.63) is 53.7 Å². The van der Waals surface area contributed by atoms with E-state index in [1.165, 1.54) is 0 Å². The summed E-state index contributed by atoms with van der Waals surface area (Å²) < 4.78 is 5.17. The van der Waals surface area contributed by atoms with E-state index in [4.69, 9.17) is 4.74 Å². The minimum atomic E-state index is -0.382. The van der Waals surface area contributed by atoms with Crippen LogP contribution in [0.4, 0.5) is 0 Å². The van der Waals surface area contributed by atoms with E-state index >= 15 is 0 Å². The van der Waals surface area contributed by atoms with Crippen molar-refractivity contribution in [1.29, 1.82) is 0 Å². The van der Waals surface area contributed by atoms with Crippen molar-refractivity contribution in [2.45, 2.75) is 26.9 Å². The number of carbonyl (C=O) groups excluding carboxylic acids is 1. The van der Waals surface area contributed by atoms with Gasteiger partial charge in [0, 0.05) is 5.56 Å². The van der Waals surface area contributed by atoms with Crippen LogP contribution in [0.25, 0.3) is 11.3 Å². The number of pyridine rings is 1. The van der Waals surface area contributed by atoms with Gasteiger partial charge in [0.25, 0.3) is 0 Å². The molecule has 1 heterocycles. The number of aromatic nitrogens is 1. The third-order valence-electron chi connectivity index (χ3n) is 2.70. The van der Waals surface area contributed by atoms with Gasteiger partial charge in [-0.1, -0.05) is 36.4 Å².